The fourth-order valence-corrected chi connectivity index (χ4v) is 3.53. The average Bonchev–Trinajstić information content (AvgIpc) is 3.08. The fraction of sp³-hybridized carbons (Fsp3) is 1.00. The van der Waals surface area contributed by atoms with Gasteiger partial charge in [-0.1, -0.05) is 6.92 Å². The predicted octanol–water partition coefficient (Wildman–Crippen LogP) is 2.59. The van der Waals surface area contributed by atoms with Crippen LogP contribution in [0.25, 0.3) is 0 Å². The molecule has 0 amide bonds. The van der Waals surface area contributed by atoms with E-state index in [9.17, 15) is 0 Å². The van der Waals surface area contributed by atoms with Gasteiger partial charge >= 0.3 is 0 Å². The van der Waals surface area contributed by atoms with Crippen molar-refractivity contribution in [2.45, 2.75) is 51.6 Å². The molecule has 1 aliphatic heterocycles. The van der Waals surface area contributed by atoms with Gasteiger partial charge in [0.2, 0.25) is 0 Å². The van der Waals surface area contributed by atoms with Crippen molar-refractivity contribution in [1.29, 1.82) is 0 Å². The Labute approximate surface area is 111 Å². The molecule has 0 bridgehead atoms. The SMILES string of the molecule is CCSCCN1CC(C)(C2CC2)NCC1(C)C. The highest BCUT2D eigenvalue weighted by Crippen LogP contribution is 2.42. The summed E-state index contributed by atoms with van der Waals surface area (Å²) in [4.78, 5) is 2.71. The lowest BCUT2D eigenvalue weighted by Gasteiger charge is -2.51. The highest BCUT2D eigenvalue weighted by atomic mass is 32.2. The van der Waals surface area contributed by atoms with Crippen molar-refractivity contribution < 1.29 is 0 Å². The van der Waals surface area contributed by atoms with Crippen LogP contribution >= 0.6 is 11.8 Å². The second-order valence-electron chi connectivity index (χ2n) is 6.48. The highest BCUT2D eigenvalue weighted by molar-refractivity contribution is 7.99. The van der Waals surface area contributed by atoms with E-state index < -0.39 is 0 Å². The van der Waals surface area contributed by atoms with Crippen molar-refractivity contribution in [2.75, 3.05) is 31.1 Å². The normalized spacial score (nSPS) is 33.9. The standard InChI is InChI=1S/C14H28N2S/c1-5-17-9-8-16-11-14(4,12-6-7-12)15-10-13(16,2)3/h12,15H,5-11H2,1-4H3. The first kappa shape index (κ1) is 13.7. The molecule has 0 radical (unpaired) electrons. The van der Waals surface area contributed by atoms with Crippen molar-refractivity contribution >= 4 is 11.8 Å². The van der Waals surface area contributed by atoms with Crippen LogP contribution in [0.4, 0.5) is 0 Å². The molecule has 2 aliphatic rings. The Bertz CT molecular complexity index is 263. The van der Waals surface area contributed by atoms with E-state index in [1.165, 1.54) is 37.4 Å². The maximum absolute atomic E-state index is 3.82. The molecule has 0 spiro atoms. The van der Waals surface area contributed by atoms with Crippen molar-refractivity contribution in [3.63, 3.8) is 0 Å². The molecule has 17 heavy (non-hydrogen) atoms. The van der Waals surface area contributed by atoms with E-state index in [-0.39, 0.29) is 0 Å². The van der Waals surface area contributed by atoms with Crippen LogP contribution in [0.15, 0.2) is 0 Å². The van der Waals surface area contributed by atoms with Gasteiger partial charge < -0.3 is 5.32 Å². The van der Waals surface area contributed by atoms with Gasteiger partial charge in [-0.3, -0.25) is 4.90 Å². The van der Waals surface area contributed by atoms with Gasteiger partial charge in [-0.15, -0.1) is 0 Å². The second kappa shape index (κ2) is 5.10. The predicted molar refractivity (Wildman–Crippen MR) is 77.8 cm³/mol. The van der Waals surface area contributed by atoms with E-state index in [2.05, 4.69) is 49.7 Å². The van der Waals surface area contributed by atoms with Gasteiger partial charge in [0.15, 0.2) is 0 Å². The summed E-state index contributed by atoms with van der Waals surface area (Å²) in [7, 11) is 0. The van der Waals surface area contributed by atoms with Crippen LogP contribution in [0.5, 0.6) is 0 Å². The van der Waals surface area contributed by atoms with Crippen LogP contribution in [-0.4, -0.2) is 47.1 Å². The molecule has 1 saturated carbocycles. The molecule has 1 heterocycles. The minimum Gasteiger partial charge on any atom is -0.308 e. The molecule has 0 aromatic carbocycles. The third-order valence-electron chi connectivity index (χ3n) is 4.49. The Balaban J connectivity index is 1.94. The van der Waals surface area contributed by atoms with E-state index in [4.69, 9.17) is 0 Å². The molecule has 1 unspecified atom stereocenters. The van der Waals surface area contributed by atoms with E-state index in [1.54, 1.807) is 0 Å². The number of hydrogen-bond acceptors (Lipinski definition) is 3. The summed E-state index contributed by atoms with van der Waals surface area (Å²) >= 11 is 2.06. The second-order valence-corrected chi connectivity index (χ2v) is 7.87. The molecular weight excluding hydrogens is 228 g/mol. The van der Waals surface area contributed by atoms with Gasteiger partial charge in [0.1, 0.15) is 0 Å². The Morgan fingerprint density at radius 2 is 2.00 bits per heavy atom. The van der Waals surface area contributed by atoms with E-state index in [0.717, 1.165) is 12.5 Å². The molecule has 0 aromatic rings. The fourth-order valence-electron chi connectivity index (χ4n) is 2.89. The van der Waals surface area contributed by atoms with Gasteiger partial charge in [-0.2, -0.15) is 11.8 Å². The average molecular weight is 256 g/mol. The van der Waals surface area contributed by atoms with Crippen LogP contribution in [0.2, 0.25) is 0 Å². The van der Waals surface area contributed by atoms with Gasteiger partial charge in [0.25, 0.3) is 0 Å². The minimum absolute atomic E-state index is 0.322. The monoisotopic (exact) mass is 256 g/mol. The molecule has 1 saturated heterocycles. The quantitative estimate of drug-likeness (QED) is 0.761. The number of nitrogens with zero attached hydrogens (tertiary/aromatic N) is 1. The molecule has 2 nitrogen and oxygen atoms in total. The minimum atomic E-state index is 0.322. The first-order chi connectivity index (χ1) is 7.98. The first-order valence-electron chi connectivity index (χ1n) is 7.06. The Morgan fingerprint density at radius 3 is 2.59 bits per heavy atom. The van der Waals surface area contributed by atoms with Gasteiger partial charge in [-0.25, -0.2) is 0 Å². The lowest BCUT2D eigenvalue weighted by Crippen LogP contribution is -2.68. The number of hydrogen-bond donors (Lipinski definition) is 1. The molecule has 2 fully saturated rings. The lowest BCUT2D eigenvalue weighted by molar-refractivity contribution is 0.0297. The van der Waals surface area contributed by atoms with Crippen LogP contribution < -0.4 is 5.32 Å². The summed E-state index contributed by atoms with van der Waals surface area (Å²) in [5.41, 5.74) is 0.703. The first-order valence-corrected chi connectivity index (χ1v) is 8.21. The van der Waals surface area contributed by atoms with E-state index in [1.807, 2.05) is 0 Å². The molecule has 0 aromatic heterocycles. The molecule has 2 rings (SSSR count). The van der Waals surface area contributed by atoms with Gasteiger partial charge in [0.05, 0.1) is 0 Å². The van der Waals surface area contributed by atoms with Crippen molar-refractivity contribution in [3.8, 4) is 0 Å². The van der Waals surface area contributed by atoms with Crippen molar-refractivity contribution in [3.05, 3.63) is 0 Å². The van der Waals surface area contributed by atoms with E-state index in [0.29, 0.717) is 11.1 Å². The zero-order valence-electron chi connectivity index (χ0n) is 11.9. The molecule has 1 aliphatic carbocycles. The van der Waals surface area contributed by atoms with Crippen LogP contribution in [0.1, 0.15) is 40.5 Å². The maximum atomic E-state index is 3.82. The third-order valence-corrected chi connectivity index (χ3v) is 5.37. The number of thioether (sulfide) groups is 1. The summed E-state index contributed by atoms with van der Waals surface area (Å²) in [6.07, 6.45) is 2.86. The van der Waals surface area contributed by atoms with Crippen LogP contribution in [0.3, 0.4) is 0 Å². The molecule has 1 N–H and O–H groups in total. The summed E-state index contributed by atoms with van der Waals surface area (Å²) in [5.74, 6) is 3.45. The van der Waals surface area contributed by atoms with Crippen LogP contribution in [0, 0.1) is 5.92 Å². The zero-order valence-corrected chi connectivity index (χ0v) is 12.7. The third kappa shape index (κ3) is 3.18. The topological polar surface area (TPSA) is 15.3 Å². The van der Waals surface area contributed by atoms with Crippen molar-refractivity contribution in [2.24, 2.45) is 5.92 Å². The van der Waals surface area contributed by atoms with E-state index >= 15 is 0 Å². The largest absolute Gasteiger partial charge is 0.308 e. The summed E-state index contributed by atoms with van der Waals surface area (Å²) < 4.78 is 0. The summed E-state index contributed by atoms with van der Waals surface area (Å²) in [6, 6.07) is 0. The molecular formula is C14H28N2S. The van der Waals surface area contributed by atoms with Gasteiger partial charge in [-0.05, 0) is 45.3 Å². The summed E-state index contributed by atoms with van der Waals surface area (Å²) in [5, 5.41) is 3.82. The number of nitrogens with one attached hydrogen (secondary N) is 1. The lowest BCUT2D eigenvalue weighted by atomic mass is 9.87. The molecule has 1 atom stereocenters. The van der Waals surface area contributed by atoms with Crippen molar-refractivity contribution in [1.82, 2.24) is 10.2 Å². The smallest absolute Gasteiger partial charge is 0.0309 e. The highest BCUT2D eigenvalue weighted by Gasteiger charge is 2.47. The summed E-state index contributed by atoms with van der Waals surface area (Å²) in [6.45, 7) is 13.1. The number of rotatable bonds is 5. The van der Waals surface area contributed by atoms with Crippen LogP contribution in [-0.2, 0) is 0 Å². The number of piperazine rings is 1. The Hall–Kier alpha value is 0.270. The Morgan fingerprint density at radius 1 is 1.29 bits per heavy atom. The zero-order chi connectivity index (χ0) is 12.5. The Kier molecular flexibility index (Phi) is 4.11. The maximum Gasteiger partial charge on any atom is 0.0309 e. The molecule has 3 heteroatoms. The van der Waals surface area contributed by atoms with Gasteiger partial charge in [0, 0.05) is 36.5 Å². The molecule has 100 valence electrons.